The summed E-state index contributed by atoms with van der Waals surface area (Å²) in [6, 6.07) is -1.05. The molecule has 0 aliphatic rings. The van der Waals surface area contributed by atoms with E-state index in [4.69, 9.17) is 21.8 Å². The number of aliphatic hydroxyl groups is 2. The molecule has 0 aliphatic carbocycles. The SMILES string of the molecule is O=C(NCCCl)NC(CO)CO. The Morgan fingerprint density at radius 2 is 2.00 bits per heavy atom. The van der Waals surface area contributed by atoms with Gasteiger partial charge < -0.3 is 20.8 Å². The second-order valence-corrected chi connectivity index (χ2v) is 2.53. The number of nitrogens with one attached hydrogen (secondary N) is 2. The Bertz CT molecular complexity index is 130. The van der Waals surface area contributed by atoms with Crippen molar-refractivity contribution in [2.75, 3.05) is 25.6 Å². The number of alkyl halides is 1. The van der Waals surface area contributed by atoms with Crippen LogP contribution < -0.4 is 10.6 Å². The minimum Gasteiger partial charge on any atom is -0.394 e. The summed E-state index contributed by atoms with van der Waals surface area (Å²) < 4.78 is 0. The van der Waals surface area contributed by atoms with Crippen molar-refractivity contribution in [1.29, 1.82) is 0 Å². The van der Waals surface area contributed by atoms with Gasteiger partial charge in [0.25, 0.3) is 0 Å². The molecule has 0 aromatic heterocycles. The van der Waals surface area contributed by atoms with Crippen LogP contribution in [0.15, 0.2) is 0 Å². The van der Waals surface area contributed by atoms with E-state index in [1.165, 1.54) is 0 Å². The van der Waals surface area contributed by atoms with Gasteiger partial charge in [0.15, 0.2) is 0 Å². The molecule has 5 nitrogen and oxygen atoms in total. The number of halogens is 1. The number of amides is 2. The quantitative estimate of drug-likeness (QED) is 0.421. The maximum absolute atomic E-state index is 10.8. The van der Waals surface area contributed by atoms with Crippen LogP contribution in [0, 0.1) is 0 Å². The van der Waals surface area contributed by atoms with E-state index >= 15 is 0 Å². The highest BCUT2D eigenvalue weighted by Crippen LogP contribution is 1.79. The molecule has 0 aromatic rings. The molecule has 0 saturated heterocycles. The van der Waals surface area contributed by atoms with Crippen LogP contribution in [0.3, 0.4) is 0 Å². The molecule has 0 unspecified atom stereocenters. The number of carbonyl (C=O) groups excluding carboxylic acids is 1. The monoisotopic (exact) mass is 196 g/mol. The third kappa shape index (κ3) is 5.17. The molecular weight excluding hydrogens is 184 g/mol. The van der Waals surface area contributed by atoms with Gasteiger partial charge >= 0.3 is 6.03 Å². The van der Waals surface area contributed by atoms with Crippen molar-refractivity contribution in [2.24, 2.45) is 0 Å². The van der Waals surface area contributed by atoms with Gasteiger partial charge in [-0.25, -0.2) is 4.79 Å². The second-order valence-electron chi connectivity index (χ2n) is 2.15. The van der Waals surface area contributed by atoms with E-state index in [1.807, 2.05) is 0 Å². The lowest BCUT2D eigenvalue weighted by molar-refractivity contribution is 0.169. The summed E-state index contributed by atoms with van der Waals surface area (Å²) in [5.74, 6) is 0.330. The predicted octanol–water partition coefficient (Wildman–Crippen LogP) is -1.12. The van der Waals surface area contributed by atoms with Crippen LogP contribution in [0.25, 0.3) is 0 Å². The molecule has 2 amide bonds. The molecule has 0 radical (unpaired) electrons. The highest BCUT2D eigenvalue weighted by atomic mass is 35.5. The molecule has 72 valence electrons. The van der Waals surface area contributed by atoms with E-state index in [1.54, 1.807) is 0 Å². The normalized spacial score (nSPS) is 10.0. The Morgan fingerprint density at radius 1 is 1.42 bits per heavy atom. The van der Waals surface area contributed by atoms with Crippen molar-refractivity contribution in [2.45, 2.75) is 6.04 Å². The van der Waals surface area contributed by atoms with E-state index in [-0.39, 0.29) is 13.2 Å². The van der Waals surface area contributed by atoms with Gasteiger partial charge in [0.2, 0.25) is 0 Å². The largest absolute Gasteiger partial charge is 0.394 e. The van der Waals surface area contributed by atoms with Gasteiger partial charge in [0.05, 0.1) is 19.3 Å². The van der Waals surface area contributed by atoms with Crippen molar-refractivity contribution in [3.05, 3.63) is 0 Å². The Morgan fingerprint density at radius 3 is 2.42 bits per heavy atom. The summed E-state index contributed by atoms with van der Waals surface area (Å²) in [4.78, 5) is 10.8. The van der Waals surface area contributed by atoms with Crippen LogP contribution in [-0.4, -0.2) is 47.9 Å². The lowest BCUT2D eigenvalue weighted by Crippen LogP contribution is -2.46. The number of urea groups is 1. The average molecular weight is 197 g/mol. The fourth-order valence-corrected chi connectivity index (χ4v) is 0.641. The fraction of sp³-hybridized carbons (Fsp3) is 0.833. The highest BCUT2D eigenvalue weighted by Gasteiger charge is 2.08. The van der Waals surface area contributed by atoms with E-state index in [0.717, 1.165) is 0 Å². The molecule has 6 heteroatoms. The van der Waals surface area contributed by atoms with E-state index in [2.05, 4.69) is 10.6 Å². The lowest BCUT2D eigenvalue weighted by atomic mass is 10.3. The summed E-state index contributed by atoms with van der Waals surface area (Å²) in [7, 11) is 0. The van der Waals surface area contributed by atoms with E-state index < -0.39 is 12.1 Å². The average Bonchev–Trinajstić information content (AvgIpc) is 2.10. The zero-order valence-corrected chi connectivity index (χ0v) is 7.34. The molecule has 0 aromatic carbocycles. The predicted molar refractivity (Wildman–Crippen MR) is 45.2 cm³/mol. The lowest BCUT2D eigenvalue weighted by Gasteiger charge is -2.13. The van der Waals surface area contributed by atoms with Gasteiger partial charge in [0, 0.05) is 12.4 Å². The Balaban J connectivity index is 3.52. The molecule has 0 rings (SSSR count). The first-order valence-electron chi connectivity index (χ1n) is 3.56. The van der Waals surface area contributed by atoms with Gasteiger partial charge in [-0.2, -0.15) is 0 Å². The number of hydrogen-bond acceptors (Lipinski definition) is 3. The van der Waals surface area contributed by atoms with E-state index in [0.29, 0.717) is 12.4 Å². The van der Waals surface area contributed by atoms with Crippen LogP contribution in [-0.2, 0) is 0 Å². The summed E-state index contributed by atoms with van der Waals surface area (Å²) in [6.07, 6.45) is 0. The zero-order chi connectivity index (χ0) is 9.40. The molecule has 0 atom stereocenters. The Labute approximate surface area is 75.7 Å². The molecule has 0 heterocycles. The molecule has 0 fully saturated rings. The van der Waals surface area contributed by atoms with Crippen molar-refractivity contribution >= 4 is 17.6 Å². The minimum atomic E-state index is -0.611. The van der Waals surface area contributed by atoms with Crippen LogP contribution >= 0.6 is 11.6 Å². The molecular formula is C6H13ClN2O3. The number of rotatable bonds is 5. The maximum Gasteiger partial charge on any atom is 0.315 e. The number of aliphatic hydroxyl groups excluding tert-OH is 2. The van der Waals surface area contributed by atoms with Gasteiger partial charge in [-0.3, -0.25) is 0 Å². The smallest absolute Gasteiger partial charge is 0.315 e. The van der Waals surface area contributed by atoms with Gasteiger partial charge in [-0.15, -0.1) is 11.6 Å². The molecule has 0 spiro atoms. The fourth-order valence-electron chi connectivity index (χ4n) is 0.546. The zero-order valence-electron chi connectivity index (χ0n) is 6.59. The first kappa shape index (κ1) is 11.5. The number of hydrogen-bond donors (Lipinski definition) is 4. The Hall–Kier alpha value is -0.520. The Kier molecular flexibility index (Phi) is 6.84. The summed E-state index contributed by atoms with van der Waals surface area (Å²) in [5.41, 5.74) is 0. The van der Waals surface area contributed by atoms with Crippen LogP contribution in [0.2, 0.25) is 0 Å². The molecule has 0 aliphatic heterocycles. The van der Waals surface area contributed by atoms with Crippen molar-refractivity contribution in [1.82, 2.24) is 10.6 Å². The summed E-state index contributed by atoms with van der Waals surface area (Å²) in [5, 5.41) is 21.9. The van der Waals surface area contributed by atoms with Crippen LogP contribution in [0.5, 0.6) is 0 Å². The van der Waals surface area contributed by atoms with Gasteiger partial charge in [-0.05, 0) is 0 Å². The topological polar surface area (TPSA) is 81.6 Å². The molecule has 12 heavy (non-hydrogen) atoms. The van der Waals surface area contributed by atoms with Gasteiger partial charge in [0.1, 0.15) is 0 Å². The summed E-state index contributed by atoms with van der Waals surface area (Å²) >= 11 is 5.31. The van der Waals surface area contributed by atoms with Crippen molar-refractivity contribution < 1.29 is 15.0 Å². The van der Waals surface area contributed by atoms with Crippen LogP contribution in [0.4, 0.5) is 4.79 Å². The van der Waals surface area contributed by atoms with Crippen LogP contribution in [0.1, 0.15) is 0 Å². The summed E-state index contributed by atoms with van der Waals surface area (Å²) in [6.45, 7) is -0.216. The van der Waals surface area contributed by atoms with Gasteiger partial charge in [-0.1, -0.05) is 0 Å². The second kappa shape index (κ2) is 7.15. The molecule has 4 N–H and O–H groups in total. The molecule has 0 saturated carbocycles. The third-order valence-corrected chi connectivity index (χ3v) is 1.35. The van der Waals surface area contributed by atoms with E-state index in [9.17, 15) is 4.79 Å². The number of carbonyl (C=O) groups is 1. The third-order valence-electron chi connectivity index (χ3n) is 1.16. The minimum absolute atomic E-state index is 0.287. The first-order chi connectivity index (χ1) is 5.74. The first-order valence-corrected chi connectivity index (χ1v) is 4.10. The standard InChI is InChI=1S/C6H13ClN2O3/c7-1-2-8-6(12)9-5(3-10)4-11/h5,10-11H,1-4H2,(H2,8,9,12). The van der Waals surface area contributed by atoms with Crippen molar-refractivity contribution in [3.63, 3.8) is 0 Å². The maximum atomic E-state index is 10.8. The highest BCUT2D eigenvalue weighted by molar-refractivity contribution is 6.18. The molecule has 0 bridgehead atoms. The van der Waals surface area contributed by atoms with Crippen molar-refractivity contribution in [3.8, 4) is 0 Å².